The van der Waals surface area contributed by atoms with Crippen LogP contribution in [0, 0.1) is 5.92 Å². The van der Waals surface area contributed by atoms with Crippen molar-refractivity contribution >= 4 is 11.9 Å². The van der Waals surface area contributed by atoms with Crippen LogP contribution in [0.15, 0.2) is 0 Å². The predicted molar refractivity (Wildman–Crippen MR) is 40.2 cm³/mol. The molecule has 0 saturated heterocycles. The quantitative estimate of drug-likeness (QED) is 0.244. The van der Waals surface area contributed by atoms with E-state index in [4.69, 9.17) is 25.6 Å². The molecule has 0 spiro atoms. The molecule has 6 heteroatoms. The number of hydrogen-bond acceptors (Lipinski definition) is 4. The van der Waals surface area contributed by atoms with Gasteiger partial charge in [0.05, 0.1) is 0 Å². The van der Waals surface area contributed by atoms with Gasteiger partial charge in [0.2, 0.25) is 0 Å². The van der Waals surface area contributed by atoms with Crippen LogP contribution in [0.2, 0.25) is 0 Å². The standard InChI is InChI=1S/C4H10N2.C2H2O4/c5-6-3-4-1-2-4;3-1(4)2(5)6/h4,6H,1-3,5H2;(H,3,4)(H,5,6). The Balaban J connectivity index is 0.000000202. The highest BCUT2D eigenvalue weighted by Crippen LogP contribution is 2.27. The first-order valence-corrected chi connectivity index (χ1v) is 3.47. The molecular weight excluding hydrogens is 164 g/mol. The molecule has 0 aliphatic heterocycles. The molecule has 5 N–H and O–H groups in total. The summed E-state index contributed by atoms with van der Waals surface area (Å²) in [6.07, 6.45) is 2.76. The SMILES string of the molecule is NNCC1CC1.O=C(O)C(=O)O. The van der Waals surface area contributed by atoms with E-state index in [1.807, 2.05) is 0 Å². The lowest BCUT2D eigenvalue weighted by Crippen LogP contribution is -2.23. The highest BCUT2D eigenvalue weighted by atomic mass is 16.4. The second-order valence-electron chi connectivity index (χ2n) is 2.46. The fourth-order valence-corrected chi connectivity index (χ4v) is 0.489. The molecule has 1 fully saturated rings. The van der Waals surface area contributed by atoms with Gasteiger partial charge in [-0.15, -0.1) is 0 Å². The van der Waals surface area contributed by atoms with Crippen LogP contribution >= 0.6 is 0 Å². The van der Waals surface area contributed by atoms with Crippen LogP contribution in [0.5, 0.6) is 0 Å². The topological polar surface area (TPSA) is 113 Å². The van der Waals surface area contributed by atoms with Gasteiger partial charge < -0.3 is 10.2 Å². The Morgan fingerprint density at radius 2 is 1.75 bits per heavy atom. The number of hydrazine groups is 1. The van der Waals surface area contributed by atoms with E-state index in [1.54, 1.807) is 0 Å². The maximum atomic E-state index is 9.10. The summed E-state index contributed by atoms with van der Waals surface area (Å²) in [4.78, 5) is 18.2. The maximum Gasteiger partial charge on any atom is 0.414 e. The van der Waals surface area contributed by atoms with Crippen molar-refractivity contribution in [3.05, 3.63) is 0 Å². The summed E-state index contributed by atoms with van der Waals surface area (Å²) in [7, 11) is 0. The van der Waals surface area contributed by atoms with Gasteiger partial charge in [-0.1, -0.05) is 0 Å². The van der Waals surface area contributed by atoms with Crippen molar-refractivity contribution in [2.75, 3.05) is 6.54 Å². The minimum atomic E-state index is -1.82. The van der Waals surface area contributed by atoms with Crippen molar-refractivity contribution in [1.29, 1.82) is 0 Å². The smallest absolute Gasteiger partial charge is 0.414 e. The molecule has 0 unspecified atom stereocenters. The number of aliphatic carboxylic acids is 2. The molecule has 12 heavy (non-hydrogen) atoms. The molecule has 70 valence electrons. The summed E-state index contributed by atoms with van der Waals surface area (Å²) in [5, 5.41) is 14.8. The van der Waals surface area contributed by atoms with E-state index in [-0.39, 0.29) is 0 Å². The highest BCUT2D eigenvalue weighted by Gasteiger charge is 2.19. The normalized spacial score (nSPS) is 14.4. The molecular formula is C6H12N2O4. The number of nitrogens with two attached hydrogens (primary N) is 1. The molecule has 1 saturated carbocycles. The Kier molecular flexibility index (Phi) is 4.98. The Morgan fingerprint density at radius 3 is 1.83 bits per heavy atom. The average Bonchev–Trinajstić information content (AvgIpc) is 2.73. The van der Waals surface area contributed by atoms with E-state index in [1.165, 1.54) is 12.8 Å². The van der Waals surface area contributed by atoms with E-state index in [0.717, 1.165) is 12.5 Å². The van der Waals surface area contributed by atoms with Crippen molar-refractivity contribution in [2.45, 2.75) is 12.8 Å². The molecule has 1 rings (SSSR count). The number of carboxylic acid groups (broad SMARTS) is 2. The van der Waals surface area contributed by atoms with Crippen molar-refractivity contribution in [1.82, 2.24) is 5.43 Å². The van der Waals surface area contributed by atoms with Gasteiger partial charge in [0.1, 0.15) is 0 Å². The maximum absolute atomic E-state index is 9.10. The first kappa shape index (κ1) is 10.9. The van der Waals surface area contributed by atoms with Crippen LogP contribution in [0.4, 0.5) is 0 Å². The third-order valence-electron chi connectivity index (χ3n) is 1.29. The van der Waals surface area contributed by atoms with Gasteiger partial charge >= 0.3 is 11.9 Å². The van der Waals surface area contributed by atoms with Gasteiger partial charge in [-0.25, -0.2) is 9.59 Å². The van der Waals surface area contributed by atoms with Gasteiger partial charge in [-0.05, 0) is 18.8 Å². The van der Waals surface area contributed by atoms with Crippen molar-refractivity contribution in [2.24, 2.45) is 11.8 Å². The molecule has 0 radical (unpaired) electrons. The summed E-state index contributed by atoms with van der Waals surface area (Å²) >= 11 is 0. The molecule has 0 bridgehead atoms. The van der Waals surface area contributed by atoms with Crippen LogP contribution in [-0.2, 0) is 9.59 Å². The molecule has 0 amide bonds. The molecule has 0 heterocycles. The number of hydrogen-bond donors (Lipinski definition) is 4. The Labute approximate surface area is 69.3 Å². The van der Waals surface area contributed by atoms with Crippen molar-refractivity contribution in [3.8, 4) is 0 Å². The molecule has 0 atom stereocenters. The van der Waals surface area contributed by atoms with Gasteiger partial charge in [-0.2, -0.15) is 0 Å². The van der Waals surface area contributed by atoms with Crippen molar-refractivity contribution in [3.63, 3.8) is 0 Å². The number of carboxylic acids is 2. The van der Waals surface area contributed by atoms with Gasteiger partial charge in [0, 0.05) is 6.54 Å². The predicted octanol–water partition coefficient (Wildman–Crippen LogP) is -0.985. The molecule has 0 aromatic carbocycles. The summed E-state index contributed by atoms with van der Waals surface area (Å²) in [5.41, 5.74) is 2.63. The summed E-state index contributed by atoms with van der Waals surface area (Å²) in [6.45, 7) is 1.01. The highest BCUT2D eigenvalue weighted by molar-refractivity contribution is 6.27. The first-order chi connectivity index (χ1) is 5.57. The molecule has 1 aliphatic carbocycles. The van der Waals surface area contributed by atoms with E-state index < -0.39 is 11.9 Å². The minimum Gasteiger partial charge on any atom is -0.473 e. The number of rotatable bonds is 2. The number of carbonyl (C=O) groups is 2. The van der Waals surface area contributed by atoms with Gasteiger partial charge in [0.15, 0.2) is 0 Å². The average molecular weight is 176 g/mol. The Morgan fingerprint density at radius 1 is 1.33 bits per heavy atom. The van der Waals surface area contributed by atoms with Crippen LogP contribution in [0.1, 0.15) is 12.8 Å². The molecule has 6 nitrogen and oxygen atoms in total. The van der Waals surface area contributed by atoms with Crippen molar-refractivity contribution < 1.29 is 19.8 Å². The minimum absolute atomic E-state index is 0.912. The van der Waals surface area contributed by atoms with Crippen LogP contribution in [0.25, 0.3) is 0 Å². The van der Waals surface area contributed by atoms with E-state index in [0.29, 0.717) is 0 Å². The van der Waals surface area contributed by atoms with Crippen LogP contribution < -0.4 is 11.3 Å². The Bertz CT molecular complexity index is 155. The summed E-state index contributed by atoms with van der Waals surface area (Å²) < 4.78 is 0. The molecule has 0 aromatic heterocycles. The fourth-order valence-electron chi connectivity index (χ4n) is 0.489. The summed E-state index contributed by atoms with van der Waals surface area (Å²) in [5.74, 6) is 2.28. The number of nitrogens with one attached hydrogen (secondary N) is 1. The zero-order chi connectivity index (χ0) is 9.56. The Hall–Kier alpha value is -1.14. The second-order valence-corrected chi connectivity index (χ2v) is 2.46. The lowest BCUT2D eigenvalue weighted by atomic mass is 10.4. The second kappa shape index (κ2) is 5.50. The molecule has 1 aliphatic rings. The van der Waals surface area contributed by atoms with Crippen LogP contribution in [-0.4, -0.2) is 28.7 Å². The lowest BCUT2D eigenvalue weighted by molar-refractivity contribution is -0.159. The first-order valence-electron chi connectivity index (χ1n) is 3.47. The molecule has 0 aromatic rings. The zero-order valence-electron chi connectivity index (χ0n) is 6.49. The monoisotopic (exact) mass is 176 g/mol. The zero-order valence-corrected chi connectivity index (χ0v) is 6.49. The van der Waals surface area contributed by atoms with Crippen LogP contribution in [0.3, 0.4) is 0 Å². The van der Waals surface area contributed by atoms with E-state index >= 15 is 0 Å². The lowest BCUT2D eigenvalue weighted by Gasteiger charge is -1.87. The van der Waals surface area contributed by atoms with Gasteiger partial charge in [0.25, 0.3) is 0 Å². The summed E-state index contributed by atoms with van der Waals surface area (Å²) in [6, 6.07) is 0. The van der Waals surface area contributed by atoms with E-state index in [9.17, 15) is 0 Å². The third-order valence-corrected chi connectivity index (χ3v) is 1.29. The largest absolute Gasteiger partial charge is 0.473 e. The fraction of sp³-hybridized carbons (Fsp3) is 0.667. The third kappa shape index (κ3) is 6.97. The van der Waals surface area contributed by atoms with E-state index in [2.05, 4.69) is 5.43 Å². The van der Waals surface area contributed by atoms with Gasteiger partial charge in [-0.3, -0.25) is 11.3 Å².